The lowest BCUT2D eigenvalue weighted by Gasteiger charge is -2.33. The average Bonchev–Trinajstić information content (AvgIpc) is 2.59. The van der Waals surface area contributed by atoms with Crippen molar-refractivity contribution in [1.82, 2.24) is 0 Å². The van der Waals surface area contributed by atoms with Gasteiger partial charge in [-0.15, -0.1) is 0 Å². The van der Waals surface area contributed by atoms with Crippen molar-refractivity contribution in [2.75, 3.05) is 18.1 Å². The van der Waals surface area contributed by atoms with Crippen LogP contribution in [0, 0.1) is 28.5 Å². The monoisotopic (exact) mass is 381 g/mol. The van der Waals surface area contributed by atoms with Crippen molar-refractivity contribution in [2.45, 2.75) is 6.18 Å². The van der Waals surface area contributed by atoms with Crippen molar-refractivity contribution in [3.05, 3.63) is 51.8 Å². The smallest absolute Gasteiger partial charge is 0.417 e. The second-order valence-electron chi connectivity index (χ2n) is 5.34. The molecule has 0 N–H and O–H groups in total. The summed E-state index contributed by atoms with van der Waals surface area (Å²) in [5, 5.41) is 18.0. The van der Waals surface area contributed by atoms with Crippen molar-refractivity contribution >= 4 is 23.0 Å². The number of nitrogens with zero attached hydrogens (tertiary/aromatic N) is 3. The Labute approximate surface area is 150 Å². The van der Waals surface area contributed by atoms with E-state index in [9.17, 15) is 22.8 Å². The van der Waals surface area contributed by atoms with Crippen molar-refractivity contribution in [3.63, 3.8) is 0 Å². The number of hydrogen-bond donors (Lipinski definition) is 0. The number of anilines is 2. The third-order valence-electron chi connectivity index (χ3n) is 3.83. The van der Waals surface area contributed by atoms with Crippen LogP contribution in [0.3, 0.4) is 0 Å². The van der Waals surface area contributed by atoms with Crippen LogP contribution < -0.4 is 9.64 Å². The summed E-state index contributed by atoms with van der Waals surface area (Å²) in [6, 6.07) is 7.24. The number of hydrogen-bond acceptors (Lipinski definition) is 4. The molecule has 0 spiro atoms. The fourth-order valence-electron chi connectivity index (χ4n) is 2.77. The molecule has 0 unspecified atom stereocenters. The highest BCUT2D eigenvalue weighted by molar-refractivity contribution is 6.34. The molecule has 0 fully saturated rings. The quantitative estimate of drug-likeness (QED) is 0.667. The predicted octanol–water partition coefficient (Wildman–Crippen LogP) is 4.77. The van der Waals surface area contributed by atoms with E-state index in [1.54, 1.807) is 0 Å². The Hall–Kier alpha value is -2.97. The van der Waals surface area contributed by atoms with Gasteiger partial charge in [0.15, 0.2) is 0 Å². The molecule has 1 aliphatic rings. The zero-order chi connectivity index (χ0) is 19.1. The van der Waals surface area contributed by atoms with E-state index >= 15 is 0 Å². The van der Waals surface area contributed by atoms with Gasteiger partial charge in [0.2, 0.25) is 0 Å². The van der Waals surface area contributed by atoms with Gasteiger partial charge in [-0.05, 0) is 18.2 Å². The number of rotatable bonds is 1. The number of fused-ring (bicyclic) bond motifs is 1. The van der Waals surface area contributed by atoms with Gasteiger partial charge in [-0.1, -0.05) is 11.6 Å². The summed E-state index contributed by atoms with van der Waals surface area (Å²) in [7, 11) is 0. The van der Waals surface area contributed by atoms with E-state index in [0.717, 1.165) is 24.3 Å². The van der Waals surface area contributed by atoms with Crippen LogP contribution in [0.5, 0.6) is 5.75 Å². The second-order valence-corrected chi connectivity index (χ2v) is 5.72. The van der Waals surface area contributed by atoms with Gasteiger partial charge < -0.3 is 9.64 Å². The lowest BCUT2D eigenvalue weighted by molar-refractivity contribution is -0.137. The summed E-state index contributed by atoms with van der Waals surface area (Å²) in [4.78, 5) is 1.44. The Morgan fingerprint density at radius 3 is 2.50 bits per heavy atom. The molecule has 4 nitrogen and oxygen atoms in total. The number of halogens is 5. The number of benzene rings is 2. The molecular formula is C17H8ClF4N3O. The van der Waals surface area contributed by atoms with Crippen molar-refractivity contribution in [1.29, 1.82) is 10.5 Å². The molecule has 1 aliphatic heterocycles. The van der Waals surface area contributed by atoms with Crippen molar-refractivity contribution < 1.29 is 22.3 Å². The van der Waals surface area contributed by atoms with Crippen LogP contribution in [0.15, 0.2) is 24.3 Å². The average molecular weight is 382 g/mol. The minimum atomic E-state index is -4.74. The SMILES string of the molecule is N#Cc1cc(F)cc2c1N(c1ccc(C(F)(F)F)c(C#N)c1Cl)CCO2. The molecule has 3 rings (SSSR count). The fourth-order valence-corrected chi connectivity index (χ4v) is 3.08. The van der Waals surface area contributed by atoms with Crippen molar-refractivity contribution in [2.24, 2.45) is 0 Å². The lowest BCUT2D eigenvalue weighted by Crippen LogP contribution is -2.30. The third-order valence-corrected chi connectivity index (χ3v) is 4.21. The zero-order valence-electron chi connectivity index (χ0n) is 12.9. The predicted molar refractivity (Wildman–Crippen MR) is 84.8 cm³/mol. The van der Waals surface area contributed by atoms with Gasteiger partial charge in [-0.2, -0.15) is 23.7 Å². The number of nitriles is 2. The molecule has 0 bridgehead atoms. The lowest BCUT2D eigenvalue weighted by atomic mass is 10.0. The zero-order valence-corrected chi connectivity index (χ0v) is 13.6. The van der Waals surface area contributed by atoms with Gasteiger partial charge in [-0.3, -0.25) is 0 Å². The van der Waals surface area contributed by atoms with Crippen LogP contribution in [0.2, 0.25) is 5.02 Å². The first-order valence-electron chi connectivity index (χ1n) is 7.21. The molecule has 9 heteroatoms. The van der Waals surface area contributed by atoms with Gasteiger partial charge in [-0.25, -0.2) is 4.39 Å². The highest BCUT2D eigenvalue weighted by Crippen LogP contribution is 2.45. The van der Waals surface area contributed by atoms with Crippen LogP contribution in [0.25, 0.3) is 0 Å². The van der Waals surface area contributed by atoms with E-state index in [1.165, 1.54) is 11.0 Å². The van der Waals surface area contributed by atoms with Crippen LogP contribution in [-0.2, 0) is 6.18 Å². The van der Waals surface area contributed by atoms with Crippen LogP contribution in [0.4, 0.5) is 28.9 Å². The topological polar surface area (TPSA) is 60.0 Å². The largest absolute Gasteiger partial charge is 0.489 e. The van der Waals surface area contributed by atoms with Crippen LogP contribution in [-0.4, -0.2) is 13.2 Å². The molecule has 0 saturated heterocycles. The molecule has 0 radical (unpaired) electrons. The number of alkyl halides is 3. The molecule has 132 valence electrons. The fraction of sp³-hybridized carbons (Fsp3) is 0.176. The van der Waals surface area contributed by atoms with Gasteiger partial charge in [0.05, 0.1) is 33.9 Å². The van der Waals surface area contributed by atoms with E-state index in [4.69, 9.17) is 21.6 Å². The Morgan fingerprint density at radius 1 is 1.15 bits per heavy atom. The molecule has 0 saturated carbocycles. The Balaban J connectivity index is 2.23. The summed E-state index contributed by atoms with van der Waals surface area (Å²) in [5.41, 5.74) is -1.64. The molecule has 2 aromatic carbocycles. The highest BCUT2D eigenvalue weighted by Gasteiger charge is 2.36. The molecule has 0 aromatic heterocycles. The maximum absolute atomic E-state index is 13.6. The van der Waals surface area contributed by atoms with E-state index in [1.807, 2.05) is 6.07 Å². The first-order valence-corrected chi connectivity index (χ1v) is 7.59. The van der Waals surface area contributed by atoms with Gasteiger partial charge >= 0.3 is 6.18 Å². The molecule has 0 atom stereocenters. The van der Waals surface area contributed by atoms with E-state index in [-0.39, 0.29) is 35.8 Å². The molecule has 0 amide bonds. The third kappa shape index (κ3) is 2.89. The van der Waals surface area contributed by atoms with Gasteiger partial charge in [0, 0.05) is 6.07 Å². The summed E-state index contributed by atoms with van der Waals surface area (Å²) in [5.74, 6) is -0.611. The maximum atomic E-state index is 13.6. The van der Waals surface area contributed by atoms with Gasteiger partial charge in [0.1, 0.15) is 36.0 Å². The minimum Gasteiger partial charge on any atom is -0.489 e. The summed E-state index contributed by atoms with van der Waals surface area (Å²) < 4.78 is 58.2. The molecule has 26 heavy (non-hydrogen) atoms. The normalized spacial score (nSPS) is 13.4. The molecule has 0 aliphatic carbocycles. The summed E-state index contributed by atoms with van der Waals surface area (Å²) >= 11 is 6.08. The highest BCUT2D eigenvalue weighted by atomic mass is 35.5. The van der Waals surface area contributed by atoms with E-state index in [2.05, 4.69) is 0 Å². The Bertz CT molecular complexity index is 976. The van der Waals surface area contributed by atoms with E-state index < -0.39 is 28.1 Å². The molecular weight excluding hydrogens is 374 g/mol. The number of ether oxygens (including phenoxy) is 1. The molecule has 2 aromatic rings. The second kappa shape index (κ2) is 6.40. The first-order chi connectivity index (χ1) is 12.3. The van der Waals surface area contributed by atoms with Crippen LogP contribution >= 0.6 is 11.6 Å². The van der Waals surface area contributed by atoms with Gasteiger partial charge in [0.25, 0.3) is 0 Å². The summed E-state index contributed by atoms with van der Waals surface area (Å²) in [6.45, 7) is 0.254. The standard InChI is InChI=1S/C17H8ClF4N3O/c18-15-11(8-24)12(17(20,21)22)1-2-13(15)25-3-4-26-14-6-10(19)5-9(7-23)16(14)25/h1-2,5-6H,3-4H2. The Kier molecular flexibility index (Phi) is 4.39. The minimum absolute atomic E-state index is 0.0610. The molecule has 1 heterocycles. The summed E-state index contributed by atoms with van der Waals surface area (Å²) in [6.07, 6.45) is -4.74. The first kappa shape index (κ1) is 17.8. The van der Waals surface area contributed by atoms with Crippen molar-refractivity contribution in [3.8, 4) is 17.9 Å². The van der Waals surface area contributed by atoms with E-state index in [0.29, 0.717) is 0 Å². The maximum Gasteiger partial charge on any atom is 0.417 e. The Morgan fingerprint density at radius 2 is 1.88 bits per heavy atom. The van der Waals surface area contributed by atoms with Crippen LogP contribution in [0.1, 0.15) is 16.7 Å².